The van der Waals surface area contributed by atoms with Crippen LogP contribution >= 0.6 is 0 Å². The van der Waals surface area contributed by atoms with Crippen molar-refractivity contribution in [1.29, 1.82) is 0 Å². The van der Waals surface area contributed by atoms with E-state index in [1.54, 1.807) is 0 Å². The minimum absolute atomic E-state index is 0.0740. The molecule has 1 amide bonds. The highest BCUT2D eigenvalue weighted by Gasteiger charge is 2.22. The standard InChI is InChI=1S/C14H24N2O2/c1-6-9-15-12(17)8-7-11-10(2)16-13(18-11)14(3,4)5/h6-9H2,1-5H3,(H,15,17). The molecule has 102 valence electrons. The van der Waals surface area contributed by atoms with Crippen molar-refractivity contribution in [3.05, 3.63) is 17.3 Å². The first kappa shape index (κ1) is 14.7. The van der Waals surface area contributed by atoms with Crippen LogP contribution in [0, 0.1) is 6.92 Å². The van der Waals surface area contributed by atoms with Crippen LogP contribution in [0.2, 0.25) is 0 Å². The zero-order valence-corrected chi connectivity index (χ0v) is 12.1. The van der Waals surface area contributed by atoms with Gasteiger partial charge in [-0.05, 0) is 13.3 Å². The van der Waals surface area contributed by atoms with E-state index in [-0.39, 0.29) is 11.3 Å². The number of hydrogen-bond donors (Lipinski definition) is 1. The van der Waals surface area contributed by atoms with Gasteiger partial charge in [0.05, 0.1) is 5.69 Å². The van der Waals surface area contributed by atoms with Gasteiger partial charge >= 0.3 is 0 Å². The Bertz CT molecular complexity index is 402. The van der Waals surface area contributed by atoms with Crippen molar-refractivity contribution in [1.82, 2.24) is 10.3 Å². The molecule has 0 aliphatic carbocycles. The maximum Gasteiger partial charge on any atom is 0.220 e. The third-order valence-corrected chi connectivity index (χ3v) is 2.69. The third-order valence-electron chi connectivity index (χ3n) is 2.69. The van der Waals surface area contributed by atoms with Crippen molar-refractivity contribution in [3.8, 4) is 0 Å². The van der Waals surface area contributed by atoms with Gasteiger partial charge in [0, 0.05) is 24.8 Å². The molecule has 18 heavy (non-hydrogen) atoms. The van der Waals surface area contributed by atoms with Crippen molar-refractivity contribution >= 4 is 5.91 Å². The molecular formula is C14H24N2O2. The summed E-state index contributed by atoms with van der Waals surface area (Å²) in [6.45, 7) is 10.9. The Morgan fingerprint density at radius 2 is 2.06 bits per heavy atom. The van der Waals surface area contributed by atoms with Crippen LogP contribution in [0.25, 0.3) is 0 Å². The topological polar surface area (TPSA) is 55.1 Å². The van der Waals surface area contributed by atoms with Gasteiger partial charge in [-0.25, -0.2) is 4.98 Å². The lowest BCUT2D eigenvalue weighted by atomic mass is 9.97. The Kier molecular flexibility index (Phi) is 4.93. The molecule has 0 saturated heterocycles. The van der Waals surface area contributed by atoms with E-state index in [0.717, 1.165) is 30.3 Å². The second-order valence-electron chi connectivity index (χ2n) is 5.63. The lowest BCUT2D eigenvalue weighted by Crippen LogP contribution is -2.24. The van der Waals surface area contributed by atoms with E-state index in [9.17, 15) is 4.79 Å². The fourth-order valence-corrected chi connectivity index (χ4v) is 1.56. The summed E-state index contributed by atoms with van der Waals surface area (Å²) in [6.07, 6.45) is 2.03. The first-order chi connectivity index (χ1) is 8.34. The highest BCUT2D eigenvalue weighted by Crippen LogP contribution is 2.24. The zero-order valence-electron chi connectivity index (χ0n) is 12.1. The maximum atomic E-state index is 11.5. The average molecular weight is 252 g/mol. The third kappa shape index (κ3) is 4.17. The normalized spacial score (nSPS) is 11.6. The van der Waals surface area contributed by atoms with Gasteiger partial charge in [0.15, 0.2) is 5.89 Å². The second-order valence-corrected chi connectivity index (χ2v) is 5.63. The first-order valence-corrected chi connectivity index (χ1v) is 6.58. The lowest BCUT2D eigenvalue weighted by molar-refractivity contribution is -0.121. The van der Waals surface area contributed by atoms with E-state index in [4.69, 9.17) is 4.42 Å². The molecule has 1 rings (SSSR count). The number of oxazole rings is 1. The Morgan fingerprint density at radius 3 is 2.56 bits per heavy atom. The molecule has 1 aromatic heterocycles. The molecule has 0 bridgehead atoms. The van der Waals surface area contributed by atoms with Crippen molar-refractivity contribution in [2.24, 2.45) is 0 Å². The van der Waals surface area contributed by atoms with E-state index in [1.165, 1.54) is 0 Å². The number of nitrogens with zero attached hydrogens (tertiary/aromatic N) is 1. The number of hydrogen-bond acceptors (Lipinski definition) is 3. The minimum atomic E-state index is -0.0898. The van der Waals surface area contributed by atoms with E-state index in [2.05, 4.69) is 31.1 Å². The second kappa shape index (κ2) is 6.03. The van der Waals surface area contributed by atoms with Gasteiger partial charge in [-0.15, -0.1) is 0 Å². The summed E-state index contributed by atoms with van der Waals surface area (Å²) in [5, 5.41) is 2.86. The highest BCUT2D eigenvalue weighted by molar-refractivity contribution is 5.76. The van der Waals surface area contributed by atoms with Gasteiger partial charge in [-0.2, -0.15) is 0 Å². The van der Waals surface area contributed by atoms with Crippen molar-refractivity contribution in [3.63, 3.8) is 0 Å². The summed E-state index contributed by atoms with van der Waals surface area (Å²) in [6, 6.07) is 0. The van der Waals surface area contributed by atoms with Crippen LogP contribution in [-0.4, -0.2) is 17.4 Å². The van der Waals surface area contributed by atoms with Gasteiger partial charge < -0.3 is 9.73 Å². The van der Waals surface area contributed by atoms with Gasteiger partial charge in [0.2, 0.25) is 5.91 Å². The molecule has 4 heteroatoms. The molecule has 0 atom stereocenters. The number of carbonyl (C=O) groups is 1. The summed E-state index contributed by atoms with van der Waals surface area (Å²) in [5.74, 6) is 1.64. The monoisotopic (exact) mass is 252 g/mol. The van der Waals surface area contributed by atoms with E-state index in [1.807, 2.05) is 13.8 Å². The van der Waals surface area contributed by atoms with Crippen molar-refractivity contribution in [2.45, 2.75) is 59.3 Å². The molecule has 1 aromatic rings. The van der Waals surface area contributed by atoms with Crippen molar-refractivity contribution in [2.75, 3.05) is 6.54 Å². The van der Waals surface area contributed by atoms with Crippen molar-refractivity contribution < 1.29 is 9.21 Å². The van der Waals surface area contributed by atoms with Crippen LogP contribution in [0.5, 0.6) is 0 Å². The summed E-state index contributed by atoms with van der Waals surface area (Å²) >= 11 is 0. The molecular weight excluding hydrogens is 228 g/mol. The SMILES string of the molecule is CCCNC(=O)CCc1oc(C(C)(C)C)nc1C. The number of nitrogens with one attached hydrogen (secondary N) is 1. The molecule has 0 aliphatic rings. The number of aryl methyl sites for hydroxylation is 2. The van der Waals surface area contributed by atoms with Crippen LogP contribution in [0.4, 0.5) is 0 Å². The molecule has 0 fully saturated rings. The molecule has 0 spiro atoms. The number of carbonyl (C=O) groups excluding carboxylic acids is 1. The number of rotatable bonds is 5. The summed E-state index contributed by atoms with van der Waals surface area (Å²) in [4.78, 5) is 15.9. The quantitative estimate of drug-likeness (QED) is 0.876. The Labute approximate surface area is 109 Å². The van der Waals surface area contributed by atoms with Gasteiger partial charge in [-0.1, -0.05) is 27.7 Å². The van der Waals surface area contributed by atoms with E-state index >= 15 is 0 Å². The van der Waals surface area contributed by atoms with Crippen LogP contribution in [-0.2, 0) is 16.6 Å². The Balaban J connectivity index is 2.58. The Hall–Kier alpha value is -1.32. The van der Waals surface area contributed by atoms with Crippen LogP contribution < -0.4 is 5.32 Å². The molecule has 0 unspecified atom stereocenters. The van der Waals surface area contributed by atoms with E-state index < -0.39 is 0 Å². The fourth-order valence-electron chi connectivity index (χ4n) is 1.56. The predicted octanol–water partition coefficient (Wildman–Crippen LogP) is 2.74. The first-order valence-electron chi connectivity index (χ1n) is 6.58. The van der Waals surface area contributed by atoms with Crippen LogP contribution in [0.3, 0.4) is 0 Å². The molecule has 4 nitrogen and oxygen atoms in total. The summed E-state index contributed by atoms with van der Waals surface area (Å²) < 4.78 is 5.74. The minimum Gasteiger partial charge on any atom is -0.445 e. The number of aromatic nitrogens is 1. The largest absolute Gasteiger partial charge is 0.445 e. The average Bonchev–Trinajstić information content (AvgIpc) is 2.65. The van der Waals surface area contributed by atoms with Crippen LogP contribution in [0.1, 0.15) is 57.9 Å². The predicted molar refractivity (Wildman–Crippen MR) is 71.6 cm³/mol. The molecule has 1 N–H and O–H groups in total. The lowest BCUT2D eigenvalue weighted by Gasteiger charge is -2.12. The van der Waals surface area contributed by atoms with Crippen LogP contribution in [0.15, 0.2) is 4.42 Å². The molecule has 1 heterocycles. The van der Waals surface area contributed by atoms with E-state index in [0.29, 0.717) is 12.8 Å². The molecule has 0 radical (unpaired) electrons. The Morgan fingerprint density at radius 1 is 1.39 bits per heavy atom. The maximum absolute atomic E-state index is 11.5. The summed E-state index contributed by atoms with van der Waals surface area (Å²) in [5.41, 5.74) is 0.802. The summed E-state index contributed by atoms with van der Waals surface area (Å²) in [7, 11) is 0. The zero-order chi connectivity index (χ0) is 13.8. The van der Waals surface area contributed by atoms with Gasteiger partial charge in [-0.3, -0.25) is 4.79 Å². The smallest absolute Gasteiger partial charge is 0.220 e. The number of amides is 1. The molecule has 0 aromatic carbocycles. The molecule has 0 aliphatic heterocycles. The van der Waals surface area contributed by atoms with Gasteiger partial charge in [0.25, 0.3) is 0 Å². The molecule has 0 saturated carbocycles. The highest BCUT2D eigenvalue weighted by atomic mass is 16.4. The van der Waals surface area contributed by atoms with Gasteiger partial charge in [0.1, 0.15) is 5.76 Å². The fraction of sp³-hybridized carbons (Fsp3) is 0.714.